The molecule has 1 aliphatic carbocycles. The Labute approximate surface area is 307 Å². The standard InChI is InChI=1S/C39H41ClFN7O4/c1-23(49)47-14-16-48(17-15-47)32-11-10-24-18-29(43-38(52-3)34(24)32)28-9-5-7-26(36(28)41)25-6-4-8-27(35(25)40)30-19-42-31(37(44-30)51-2)20-46-21-39(22-46)13-12-33(50)45-39/h4-9,18-19,32H,10-17,20-22H2,1-3H3,(H,45,50). The molecule has 2 aromatic heterocycles. The van der Waals surface area contributed by atoms with Crippen molar-refractivity contribution in [2.24, 2.45) is 0 Å². The third-order valence-electron chi connectivity index (χ3n) is 11.0. The molecule has 3 aliphatic heterocycles. The van der Waals surface area contributed by atoms with E-state index < -0.39 is 5.82 Å². The smallest absolute Gasteiger partial charge is 0.237 e. The Morgan fingerprint density at radius 2 is 1.65 bits per heavy atom. The first-order chi connectivity index (χ1) is 25.2. The van der Waals surface area contributed by atoms with Crippen LogP contribution in [0.2, 0.25) is 5.02 Å². The molecule has 0 bridgehead atoms. The maximum Gasteiger partial charge on any atom is 0.237 e. The number of halogens is 2. The highest BCUT2D eigenvalue weighted by Gasteiger charge is 2.47. The molecule has 1 spiro atoms. The van der Waals surface area contributed by atoms with Gasteiger partial charge in [0.1, 0.15) is 11.5 Å². The second-order valence-corrected chi connectivity index (χ2v) is 14.6. The summed E-state index contributed by atoms with van der Waals surface area (Å²) in [6.45, 7) is 6.65. The summed E-state index contributed by atoms with van der Waals surface area (Å²) in [5.74, 6) is 0.671. The van der Waals surface area contributed by atoms with Gasteiger partial charge < -0.3 is 19.7 Å². The molecule has 2 aromatic carbocycles. The predicted molar refractivity (Wildman–Crippen MR) is 194 cm³/mol. The van der Waals surface area contributed by atoms with E-state index in [0.717, 1.165) is 56.6 Å². The summed E-state index contributed by atoms with van der Waals surface area (Å²) in [7, 11) is 3.17. The predicted octanol–water partition coefficient (Wildman–Crippen LogP) is 5.30. The molecule has 3 fully saturated rings. The molecular weight excluding hydrogens is 685 g/mol. The number of hydrogen-bond acceptors (Lipinski definition) is 9. The zero-order valence-electron chi connectivity index (χ0n) is 29.5. The zero-order valence-corrected chi connectivity index (χ0v) is 30.3. The Morgan fingerprint density at radius 3 is 2.35 bits per heavy atom. The molecule has 8 rings (SSSR count). The number of nitrogens with zero attached hydrogens (tertiary/aromatic N) is 6. The fourth-order valence-electron chi connectivity index (χ4n) is 8.41. The number of piperazine rings is 1. The van der Waals surface area contributed by atoms with Gasteiger partial charge in [0.2, 0.25) is 23.6 Å². The van der Waals surface area contributed by atoms with Crippen LogP contribution < -0.4 is 14.8 Å². The lowest BCUT2D eigenvalue weighted by Gasteiger charge is -2.47. The lowest BCUT2D eigenvalue weighted by Crippen LogP contribution is -2.66. The minimum Gasteiger partial charge on any atom is -0.481 e. The molecular formula is C39H41ClFN7O4. The van der Waals surface area contributed by atoms with E-state index in [9.17, 15) is 9.59 Å². The molecule has 5 heterocycles. The number of hydrogen-bond donors (Lipinski definition) is 1. The highest BCUT2D eigenvalue weighted by atomic mass is 35.5. The number of nitrogens with one attached hydrogen (secondary N) is 1. The lowest BCUT2D eigenvalue weighted by molar-refractivity contribution is -0.131. The molecule has 1 unspecified atom stereocenters. The Morgan fingerprint density at radius 1 is 0.962 bits per heavy atom. The van der Waals surface area contributed by atoms with Gasteiger partial charge in [0, 0.05) is 93.0 Å². The van der Waals surface area contributed by atoms with Crippen molar-refractivity contribution in [2.75, 3.05) is 53.5 Å². The Kier molecular flexibility index (Phi) is 9.09. The number of rotatable bonds is 8. The van der Waals surface area contributed by atoms with Gasteiger partial charge in [0.05, 0.1) is 42.4 Å². The Bertz CT molecular complexity index is 2060. The number of amides is 2. The van der Waals surface area contributed by atoms with Crippen LogP contribution >= 0.6 is 11.6 Å². The van der Waals surface area contributed by atoms with E-state index in [1.807, 2.05) is 29.2 Å². The molecule has 1 N–H and O–H groups in total. The van der Waals surface area contributed by atoms with Crippen LogP contribution in [0.4, 0.5) is 4.39 Å². The normalized spacial score (nSPS) is 19.8. The molecule has 3 saturated heterocycles. The maximum atomic E-state index is 16.6. The zero-order chi connectivity index (χ0) is 36.1. The number of pyridine rings is 1. The number of fused-ring (bicyclic) bond motifs is 1. The van der Waals surface area contributed by atoms with E-state index in [0.29, 0.717) is 82.2 Å². The molecule has 0 saturated carbocycles. The topological polar surface area (TPSA) is 113 Å². The summed E-state index contributed by atoms with van der Waals surface area (Å²) in [5, 5.41) is 3.45. The van der Waals surface area contributed by atoms with Gasteiger partial charge in [-0.15, -0.1) is 0 Å². The number of likely N-dealkylation sites (tertiary alicyclic amines) is 1. The van der Waals surface area contributed by atoms with Gasteiger partial charge in [-0.05, 0) is 37.0 Å². The summed E-state index contributed by atoms with van der Waals surface area (Å²) in [4.78, 5) is 44.4. The maximum absolute atomic E-state index is 16.6. The number of aryl methyl sites for hydroxylation is 1. The van der Waals surface area contributed by atoms with Crippen molar-refractivity contribution < 1.29 is 23.5 Å². The largest absolute Gasteiger partial charge is 0.481 e. The van der Waals surface area contributed by atoms with Crippen LogP contribution in [0.1, 0.15) is 49.0 Å². The minimum absolute atomic E-state index is 0.102. The summed E-state index contributed by atoms with van der Waals surface area (Å²) < 4.78 is 28.1. The van der Waals surface area contributed by atoms with Crippen molar-refractivity contribution in [3.8, 4) is 45.4 Å². The number of methoxy groups -OCH3 is 2. The summed E-state index contributed by atoms with van der Waals surface area (Å²) >= 11 is 7.04. The van der Waals surface area contributed by atoms with Gasteiger partial charge in [-0.3, -0.25) is 24.4 Å². The highest BCUT2D eigenvalue weighted by Crippen LogP contribution is 2.44. The van der Waals surface area contributed by atoms with Gasteiger partial charge in [-0.25, -0.2) is 14.4 Å². The molecule has 11 nitrogen and oxygen atoms in total. The number of ether oxygens (including phenoxy) is 2. The fraction of sp³-hybridized carbons (Fsp3) is 0.410. The third-order valence-corrected chi connectivity index (χ3v) is 11.4. The minimum atomic E-state index is -0.435. The highest BCUT2D eigenvalue weighted by molar-refractivity contribution is 6.36. The van der Waals surface area contributed by atoms with Crippen molar-refractivity contribution in [3.05, 3.63) is 76.3 Å². The van der Waals surface area contributed by atoms with Crippen LogP contribution in [0.25, 0.3) is 33.6 Å². The van der Waals surface area contributed by atoms with E-state index in [1.165, 1.54) is 0 Å². The first kappa shape index (κ1) is 34.4. The van der Waals surface area contributed by atoms with Gasteiger partial charge in [0.15, 0.2) is 0 Å². The van der Waals surface area contributed by atoms with Gasteiger partial charge in [0.25, 0.3) is 0 Å². The van der Waals surface area contributed by atoms with E-state index in [-0.39, 0.29) is 23.4 Å². The van der Waals surface area contributed by atoms with Crippen molar-refractivity contribution in [2.45, 2.75) is 50.7 Å². The third kappa shape index (κ3) is 6.16. The van der Waals surface area contributed by atoms with Crippen molar-refractivity contribution in [1.29, 1.82) is 0 Å². The van der Waals surface area contributed by atoms with Gasteiger partial charge in [-0.1, -0.05) is 41.9 Å². The molecule has 1 atom stereocenters. The summed E-state index contributed by atoms with van der Waals surface area (Å²) in [6, 6.07) is 12.8. The molecule has 270 valence electrons. The summed E-state index contributed by atoms with van der Waals surface area (Å²) in [5.41, 5.74) is 5.54. The van der Waals surface area contributed by atoms with Gasteiger partial charge in [-0.2, -0.15) is 0 Å². The van der Waals surface area contributed by atoms with Gasteiger partial charge >= 0.3 is 0 Å². The lowest BCUT2D eigenvalue weighted by atomic mass is 9.88. The molecule has 4 aromatic rings. The van der Waals surface area contributed by atoms with Crippen LogP contribution in [0, 0.1) is 5.82 Å². The van der Waals surface area contributed by atoms with Crippen LogP contribution in [-0.4, -0.2) is 100 Å². The average molecular weight is 726 g/mol. The van der Waals surface area contributed by atoms with E-state index >= 15 is 4.39 Å². The van der Waals surface area contributed by atoms with E-state index in [4.69, 9.17) is 36.0 Å². The second kappa shape index (κ2) is 13.7. The number of carbonyl (C=O) groups is 2. The molecule has 0 radical (unpaired) electrons. The number of aromatic nitrogens is 3. The monoisotopic (exact) mass is 725 g/mol. The number of benzene rings is 2. The van der Waals surface area contributed by atoms with E-state index in [2.05, 4.69) is 15.1 Å². The Balaban J connectivity index is 1.05. The van der Waals surface area contributed by atoms with Crippen molar-refractivity contribution in [3.63, 3.8) is 0 Å². The molecule has 52 heavy (non-hydrogen) atoms. The van der Waals surface area contributed by atoms with Crippen LogP contribution in [0.15, 0.2) is 48.7 Å². The number of carbonyl (C=O) groups excluding carboxylic acids is 2. The summed E-state index contributed by atoms with van der Waals surface area (Å²) in [6.07, 6.45) is 4.83. The van der Waals surface area contributed by atoms with Crippen LogP contribution in [-0.2, 0) is 22.6 Å². The fourth-order valence-corrected chi connectivity index (χ4v) is 8.73. The van der Waals surface area contributed by atoms with Crippen molar-refractivity contribution >= 4 is 23.4 Å². The quantitative estimate of drug-likeness (QED) is 0.259. The first-order valence-corrected chi connectivity index (χ1v) is 18.1. The first-order valence-electron chi connectivity index (χ1n) is 17.8. The van der Waals surface area contributed by atoms with E-state index in [1.54, 1.807) is 45.5 Å². The molecule has 2 amide bonds. The molecule has 13 heteroatoms. The van der Waals surface area contributed by atoms with Crippen LogP contribution in [0.3, 0.4) is 0 Å². The average Bonchev–Trinajstić information content (AvgIpc) is 3.75. The van der Waals surface area contributed by atoms with Crippen LogP contribution in [0.5, 0.6) is 11.8 Å². The van der Waals surface area contributed by atoms with Crippen molar-refractivity contribution in [1.82, 2.24) is 35.0 Å². The second-order valence-electron chi connectivity index (χ2n) is 14.2. The molecule has 4 aliphatic rings. The Hall–Kier alpha value is -4.65. The SMILES string of the molecule is COc1nc(-c2cccc(-c3cccc(-c4cc5c(c(OC)n4)C(N4CCN(C(C)=O)CC4)CC5)c3F)c2Cl)cnc1CN1CC2(CCC(=O)N2)C1.